The Balaban J connectivity index is 3.12. The van der Waals surface area contributed by atoms with Crippen LogP contribution in [0.1, 0.15) is 25.5 Å². The van der Waals surface area contributed by atoms with Gasteiger partial charge in [0.1, 0.15) is 11.6 Å². The molecule has 78 valence electrons. The van der Waals surface area contributed by atoms with Gasteiger partial charge in [0.2, 0.25) is 0 Å². The summed E-state index contributed by atoms with van der Waals surface area (Å²) in [6.45, 7) is 3.34. The lowest BCUT2D eigenvalue weighted by molar-refractivity contribution is 0.405. The molecule has 1 aromatic rings. The first-order chi connectivity index (χ1) is 6.32. The van der Waals surface area contributed by atoms with Crippen LogP contribution >= 0.6 is 0 Å². The summed E-state index contributed by atoms with van der Waals surface area (Å²) < 4.78 is 26.1. The minimum atomic E-state index is -0.783. The zero-order valence-electron chi connectivity index (χ0n) is 8.22. The summed E-state index contributed by atoms with van der Waals surface area (Å²) in [5.41, 5.74) is 10.8. The van der Waals surface area contributed by atoms with Crippen LogP contribution in [0.4, 0.5) is 8.78 Å². The molecule has 0 aromatic heterocycles. The Morgan fingerprint density at radius 1 is 1.29 bits per heavy atom. The van der Waals surface area contributed by atoms with Gasteiger partial charge in [-0.3, -0.25) is 0 Å². The Morgan fingerprint density at radius 2 is 1.86 bits per heavy atom. The van der Waals surface area contributed by atoms with Crippen molar-refractivity contribution in [3.63, 3.8) is 0 Å². The Morgan fingerprint density at radius 3 is 2.36 bits per heavy atom. The van der Waals surface area contributed by atoms with Gasteiger partial charge in [0.05, 0.1) is 6.04 Å². The highest BCUT2D eigenvalue weighted by Crippen LogP contribution is 2.23. The number of benzene rings is 1. The van der Waals surface area contributed by atoms with Gasteiger partial charge in [-0.1, -0.05) is 0 Å². The molecular formula is C10H14F2N2. The van der Waals surface area contributed by atoms with Gasteiger partial charge in [0.15, 0.2) is 0 Å². The van der Waals surface area contributed by atoms with Crippen molar-refractivity contribution in [2.75, 3.05) is 0 Å². The molecule has 1 atom stereocenters. The molecular weight excluding hydrogens is 186 g/mol. The van der Waals surface area contributed by atoms with Crippen LogP contribution in [0, 0.1) is 11.6 Å². The van der Waals surface area contributed by atoms with Gasteiger partial charge in [-0.15, -0.1) is 0 Å². The highest BCUT2D eigenvalue weighted by molar-refractivity contribution is 5.24. The second-order valence-corrected chi connectivity index (χ2v) is 3.96. The minimum absolute atomic E-state index is 0.109. The van der Waals surface area contributed by atoms with E-state index in [9.17, 15) is 8.78 Å². The average Bonchev–Trinajstić information content (AvgIpc) is 2.06. The van der Waals surface area contributed by atoms with Crippen LogP contribution in [0.25, 0.3) is 0 Å². The molecule has 0 aliphatic carbocycles. The Kier molecular flexibility index (Phi) is 2.87. The maximum Gasteiger partial charge on any atom is 0.128 e. The predicted molar refractivity (Wildman–Crippen MR) is 51.6 cm³/mol. The average molecular weight is 200 g/mol. The smallest absolute Gasteiger partial charge is 0.128 e. The molecule has 1 unspecified atom stereocenters. The molecule has 0 amide bonds. The maximum absolute atomic E-state index is 13.2. The molecule has 4 heteroatoms. The van der Waals surface area contributed by atoms with Crippen LogP contribution in [0.3, 0.4) is 0 Å². The molecule has 0 saturated heterocycles. The van der Waals surface area contributed by atoms with Gasteiger partial charge >= 0.3 is 0 Å². The van der Waals surface area contributed by atoms with Crippen LogP contribution in [0.5, 0.6) is 0 Å². The van der Waals surface area contributed by atoms with E-state index < -0.39 is 23.2 Å². The molecule has 14 heavy (non-hydrogen) atoms. The molecule has 1 aromatic carbocycles. The Hall–Kier alpha value is -1.00. The van der Waals surface area contributed by atoms with Gasteiger partial charge < -0.3 is 11.5 Å². The molecule has 0 aliphatic heterocycles. The van der Waals surface area contributed by atoms with Crippen LogP contribution in [-0.2, 0) is 0 Å². The summed E-state index contributed by atoms with van der Waals surface area (Å²) in [5.74, 6) is -1.04. The SMILES string of the molecule is CC(C)(N)C(N)c1cc(F)ccc1F. The van der Waals surface area contributed by atoms with E-state index in [0.29, 0.717) is 0 Å². The largest absolute Gasteiger partial charge is 0.324 e. The second-order valence-electron chi connectivity index (χ2n) is 3.96. The summed E-state index contributed by atoms with van der Waals surface area (Å²) in [5, 5.41) is 0. The second kappa shape index (κ2) is 3.63. The van der Waals surface area contributed by atoms with Gasteiger partial charge in [0.25, 0.3) is 0 Å². The first-order valence-electron chi connectivity index (χ1n) is 4.32. The fourth-order valence-electron chi connectivity index (χ4n) is 1.15. The van der Waals surface area contributed by atoms with E-state index >= 15 is 0 Å². The monoisotopic (exact) mass is 200 g/mol. The zero-order valence-corrected chi connectivity index (χ0v) is 8.22. The van der Waals surface area contributed by atoms with Crippen LogP contribution in [-0.4, -0.2) is 5.54 Å². The number of hydrogen-bond donors (Lipinski definition) is 2. The first-order valence-corrected chi connectivity index (χ1v) is 4.32. The van der Waals surface area contributed by atoms with E-state index in [2.05, 4.69) is 0 Å². The summed E-state index contributed by atoms with van der Waals surface area (Å²) in [4.78, 5) is 0. The quantitative estimate of drug-likeness (QED) is 0.763. The number of rotatable bonds is 2. The van der Waals surface area contributed by atoms with Gasteiger partial charge in [-0.05, 0) is 32.0 Å². The van der Waals surface area contributed by atoms with Crippen molar-refractivity contribution in [2.45, 2.75) is 25.4 Å². The number of hydrogen-bond acceptors (Lipinski definition) is 2. The Bertz CT molecular complexity index is 331. The van der Waals surface area contributed by atoms with E-state index in [-0.39, 0.29) is 5.56 Å². The number of nitrogens with two attached hydrogens (primary N) is 2. The molecule has 0 saturated carbocycles. The molecule has 0 aliphatic rings. The van der Waals surface area contributed by atoms with Crippen molar-refractivity contribution < 1.29 is 8.78 Å². The summed E-state index contributed by atoms with van der Waals surface area (Å²) in [7, 11) is 0. The van der Waals surface area contributed by atoms with Crippen molar-refractivity contribution in [1.29, 1.82) is 0 Å². The van der Waals surface area contributed by atoms with E-state index in [1.807, 2.05) is 0 Å². The predicted octanol–water partition coefficient (Wildman–Crippen LogP) is 1.70. The van der Waals surface area contributed by atoms with Gasteiger partial charge in [-0.2, -0.15) is 0 Å². The summed E-state index contributed by atoms with van der Waals surface area (Å²) in [6, 6.07) is 2.46. The van der Waals surface area contributed by atoms with Crippen molar-refractivity contribution in [3.05, 3.63) is 35.4 Å². The fraction of sp³-hybridized carbons (Fsp3) is 0.400. The molecule has 0 heterocycles. The topological polar surface area (TPSA) is 52.0 Å². The van der Waals surface area contributed by atoms with E-state index in [4.69, 9.17) is 11.5 Å². The Labute approximate surface area is 81.9 Å². The third-order valence-corrected chi connectivity index (χ3v) is 2.09. The highest BCUT2D eigenvalue weighted by Gasteiger charge is 2.25. The molecule has 1 rings (SSSR count). The first kappa shape index (κ1) is 11.1. The lowest BCUT2D eigenvalue weighted by atomic mass is 9.90. The van der Waals surface area contributed by atoms with E-state index in [1.54, 1.807) is 13.8 Å². The van der Waals surface area contributed by atoms with Crippen molar-refractivity contribution in [3.8, 4) is 0 Å². The lowest BCUT2D eigenvalue weighted by Crippen LogP contribution is -2.44. The molecule has 0 fully saturated rings. The van der Waals surface area contributed by atoms with Crippen molar-refractivity contribution in [1.82, 2.24) is 0 Å². The standard InChI is InChI=1S/C10H14F2N2/c1-10(2,14)9(13)7-5-6(11)3-4-8(7)12/h3-5,9H,13-14H2,1-2H3. The molecule has 2 nitrogen and oxygen atoms in total. The van der Waals surface area contributed by atoms with Gasteiger partial charge in [-0.25, -0.2) is 8.78 Å². The van der Waals surface area contributed by atoms with Crippen molar-refractivity contribution in [2.24, 2.45) is 11.5 Å². The maximum atomic E-state index is 13.2. The van der Waals surface area contributed by atoms with Crippen LogP contribution in [0.2, 0.25) is 0 Å². The van der Waals surface area contributed by atoms with Crippen LogP contribution < -0.4 is 11.5 Å². The summed E-state index contributed by atoms with van der Waals surface area (Å²) in [6.07, 6.45) is 0. The van der Waals surface area contributed by atoms with Gasteiger partial charge in [0, 0.05) is 11.1 Å². The molecule has 4 N–H and O–H groups in total. The van der Waals surface area contributed by atoms with E-state index in [1.165, 1.54) is 0 Å². The van der Waals surface area contributed by atoms with Crippen LogP contribution in [0.15, 0.2) is 18.2 Å². The fourth-order valence-corrected chi connectivity index (χ4v) is 1.15. The third-order valence-electron chi connectivity index (χ3n) is 2.09. The minimum Gasteiger partial charge on any atom is -0.324 e. The normalized spacial score (nSPS) is 14.1. The number of halogens is 2. The third kappa shape index (κ3) is 2.27. The molecule has 0 bridgehead atoms. The molecule has 0 spiro atoms. The summed E-state index contributed by atoms with van der Waals surface area (Å²) >= 11 is 0. The zero-order chi connectivity index (χ0) is 10.9. The highest BCUT2D eigenvalue weighted by atomic mass is 19.1. The van der Waals surface area contributed by atoms with Crippen molar-refractivity contribution >= 4 is 0 Å². The van der Waals surface area contributed by atoms with E-state index in [0.717, 1.165) is 18.2 Å². The lowest BCUT2D eigenvalue weighted by Gasteiger charge is -2.27. The molecule has 0 radical (unpaired) electrons.